The zero-order chi connectivity index (χ0) is 20.5. The lowest BCUT2D eigenvalue weighted by molar-refractivity contribution is 0.0656. The minimum absolute atomic E-state index is 0.0459. The van der Waals surface area contributed by atoms with Crippen LogP contribution in [0.2, 0.25) is 0 Å². The van der Waals surface area contributed by atoms with Gasteiger partial charge in [0.2, 0.25) is 0 Å². The van der Waals surface area contributed by atoms with E-state index >= 15 is 0 Å². The van der Waals surface area contributed by atoms with Crippen LogP contribution in [0.3, 0.4) is 0 Å². The van der Waals surface area contributed by atoms with Crippen LogP contribution in [0.5, 0.6) is 0 Å². The van der Waals surface area contributed by atoms with Crippen LogP contribution in [0.4, 0.5) is 15.8 Å². The summed E-state index contributed by atoms with van der Waals surface area (Å²) in [5.41, 5.74) is 3.15. The second-order valence-electron chi connectivity index (χ2n) is 7.76. The minimum Gasteiger partial charge on any atom is -0.351 e. The molecule has 152 valence electrons. The summed E-state index contributed by atoms with van der Waals surface area (Å²) in [6, 6.07) is 9.53. The fourth-order valence-electron chi connectivity index (χ4n) is 4.36. The number of halogens is 1. The van der Waals surface area contributed by atoms with Crippen molar-refractivity contribution in [2.45, 2.75) is 45.7 Å². The fourth-order valence-corrected chi connectivity index (χ4v) is 4.36. The first-order valence-corrected chi connectivity index (χ1v) is 10.3. The first-order valence-electron chi connectivity index (χ1n) is 10.3. The molecule has 0 aliphatic carbocycles. The molecule has 0 radical (unpaired) electrons. The molecular weight excluding hydrogens is 369 g/mol. The summed E-state index contributed by atoms with van der Waals surface area (Å²) in [5.74, 6) is -0.662. The molecule has 0 aromatic heterocycles. The van der Waals surface area contributed by atoms with Gasteiger partial charge in [-0.2, -0.15) is 0 Å². The van der Waals surface area contributed by atoms with Gasteiger partial charge in [-0.15, -0.1) is 0 Å². The predicted octanol–water partition coefficient (Wildman–Crippen LogP) is 4.57. The highest BCUT2D eigenvalue weighted by molar-refractivity contribution is 6.08. The Morgan fingerprint density at radius 3 is 2.79 bits per heavy atom. The molecule has 0 spiro atoms. The third kappa shape index (κ3) is 3.59. The van der Waals surface area contributed by atoms with Crippen molar-refractivity contribution in [2.24, 2.45) is 0 Å². The number of hydrogen-bond donors (Lipinski definition) is 1. The van der Waals surface area contributed by atoms with Crippen LogP contribution in [0, 0.1) is 12.7 Å². The van der Waals surface area contributed by atoms with Crippen molar-refractivity contribution in [3.63, 3.8) is 0 Å². The van der Waals surface area contributed by atoms with Crippen molar-refractivity contribution in [1.29, 1.82) is 0 Å². The van der Waals surface area contributed by atoms with Crippen molar-refractivity contribution < 1.29 is 14.0 Å². The lowest BCUT2D eigenvalue weighted by atomic mass is 10.0. The van der Waals surface area contributed by atoms with Crippen molar-refractivity contribution >= 4 is 23.2 Å². The fraction of sp³-hybridized carbons (Fsp3) is 0.391. The third-order valence-electron chi connectivity index (χ3n) is 5.93. The molecule has 29 heavy (non-hydrogen) atoms. The van der Waals surface area contributed by atoms with E-state index in [1.807, 2.05) is 11.8 Å². The van der Waals surface area contributed by atoms with E-state index in [1.54, 1.807) is 24.3 Å². The second-order valence-corrected chi connectivity index (χ2v) is 7.76. The highest BCUT2D eigenvalue weighted by Gasteiger charge is 2.37. The normalized spacial score (nSPS) is 18.7. The number of aryl methyl sites for hydroxylation is 1. The molecule has 1 unspecified atom stereocenters. The Kier molecular flexibility index (Phi) is 5.26. The van der Waals surface area contributed by atoms with Crippen LogP contribution < -0.4 is 10.2 Å². The Morgan fingerprint density at radius 2 is 2.00 bits per heavy atom. The molecule has 5 nitrogen and oxygen atoms in total. The highest BCUT2D eigenvalue weighted by Crippen LogP contribution is 2.35. The van der Waals surface area contributed by atoms with Gasteiger partial charge in [0.15, 0.2) is 0 Å². The average Bonchev–Trinajstić information content (AvgIpc) is 2.97. The largest absolute Gasteiger partial charge is 0.351 e. The smallest absolute Gasteiger partial charge is 0.257 e. The zero-order valence-electron chi connectivity index (χ0n) is 16.9. The summed E-state index contributed by atoms with van der Waals surface area (Å²) in [6.45, 7) is 5.43. The molecule has 6 heteroatoms. The number of anilines is 2. The molecule has 2 heterocycles. The third-order valence-corrected chi connectivity index (χ3v) is 5.93. The minimum atomic E-state index is -0.396. The van der Waals surface area contributed by atoms with Gasteiger partial charge in [-0.3, -0.25) is 9.59 Å². The number of nitrogens with zero attached hydrogens (tertiary/aromatic N) is 2. The summed E-state index contributed by atoms with van der Waals surface area (Å²) < 4.78 is 13.6. The molecule has 0 bridgehead atoms. The van der Waals surface area contributed by atoms with E-state index in [0.29, 0.717) is 16.8 Å². The Hall–Kier alpha value is -2.89. The van der Waals surface area contributed by atoms with Gasteiger partial charge in [0.25, 0.3) is 11.8 Å². The molecule has 2 amide bonds. The van der Waals surface area contributed by atoms with Crippen LogP contribution in [0.15, 0.2) is 36.4 Å². The Bertz CT molecular complexity index is 959. The highest BCUT2D eigenvalue weighted by atomic mass is 19.1. The van der Waals surface area contributed by atoms with Gasteiger partial charge in [-0.1, -0.05) is 12.5 Å². The molecule has 1 N–H and O–H groups in total. The molecule has 2 aromatic rings. The summed E-state index contributed by atoms with van der Waals surface area (Å²) >= 11 is 0. The lowest BCUT2D eigenvalue weighted by Gasteiger charge is -2.44. The van der Waals surface area contributed by atoms with Crippen molar-refractivity contribution in [1.82, 2.24) is 4.90 Å². The number of fused-ring (bicyclic) bond motifs is 2. The molecule has 4 rings (SSSR count). The number of nitrogens with one attached hydrogen (secondary N) is 1. The Balaban J connectivity index is 1.67. The van der Waals surface area contributed by atoms with Gasteiger partial charge in [0.1, 0.15) is 12.0 Å². The summed E-state index contributed by atoms with van der Waals surface area (Å²) in [4.78, 5) is 30.1. The summed E-state index contributed by atoms with van der Waals surface area (Å²) in [7, 11) is 0. The van der Waals surface area contributed by atoms with Crippen molar-refractivity contribution in [2.75, 3.05) is 23.3 Å². The van der Waals surface area contributed by atoms with Gasteiger partial charge in [0, 0.05) is 24.3 Å². The molecule has 0 saturated carbocycles. The van der Waals surface area contributed by atoms with Gasteiger partial charge < -0.3 is 15.1 Å². The van der Waals surface area contributed by atoms with Crippen LogP contribution in [-0.2, 0) is 0 Å². The molecule has 1 saturated heterocycles. The van der Waals surface area contributed by atoms with E-state index < -0.39 is 5.82 Å². The van der Waals surface area contributed by atoms with E-state index in [0.717, 1.165) is 50.0 Å². The van der Waals surface area contributed by atoms with E-state index in [2.05, 4.69) is 17.1 Å². The van der Waals surface area contributed by atoms with Gasteiger partial charge >= 0.3 is 0 Å². The lowest BCUT2D eigenvalue weighted by Crippen LogP contribution is -2.55. The van der Waals surface area contributed by atoms with E-state index in [9.17, 15) is 14.0 Å². The number of amides is 2. The van der Waals surface area contributed by atoms with Gasteiger partial charge in [-0.05, 0) is 69.0 Å². The number of hydrogen-bond acceptors (Lipinski definition) is 3. The molecule has 2 aliphatic rings. The Labute approximate surface area is 170 Å². The van der Waals surface area contributed by atoms with E-state index in [4.69, 9.17) is 0 Å². The first kappa shape index (κ1) is 19.4. The van der Waals surface area contributed by atoms with Crippen molar-refractivity contribution in [3.8, 4) is 0 Å². The summed E-state index contributed by atoms with van der Waals surface area (Å²) in [6.07, 6.45) is 4.25. The van der Waals surface area contributed by atoms with Crippen LogP contribution in [-0.4, -0.2) is 36.0 Å². The second kappa shape index (κ2) is 7.85. The Morgan fingerprint density at radius 1 is 1.17 bits per heavy atom. The predicted molar refractivity (Wildman–Crippen MR) is 112 cm³/mol. The number of carbonyl (C=O) groups is 2. The topological polar surface area (TPSA) is 52.7 Å². The molecule has 2 aromatic carbocycles. The first-order chi connectivity index (χ1) is 14.0. The van der Waals surface area contributed by atoms with Gasteiger partial charge in [0.05, 0.1) is 11.3 Å². The maximum atomic E-state index is 13.6. The van der Waals surface area contributed by atoms with Crippen LogP contribution in [0.25, 0.3) is 0 Å². The standard InChI is InChI=1S/C23H26FN3O2/c1-3-26-20-13-16(22(28)25-19-14-17(24)10-8-15(19)2)9-11-18(20)23(29)27-12-6-4-5-7-21(26)27/h8-11,13-14,21H,3-7,12H2,1-2H3,(H,25,28). The zero-order valence-corrected chi connectivity index (χ0v) is 16.9. The monoisotopic (exact) mass is 395 g/mol. The molecule has 2 aliphatic heterocycles. The SMILES string of the molecule is CCN1c2cc(C(=O)Nc3cc(F)ccc3C)ccc2C(=O)N2CCCCCC21. The number of rotatable bonds is 3. The van der Waals surface area contributed by atoms with Crippen molar-refractivity contribution in [3.05, 3.63) is 58.9 Å². The maximum absolute atomic E-state index is 13.6. The summed E-state index contributed by atoms with van der Waals surface area (Å²) in [5, 5.41) is 2.79. The quantitative estimate of drug-likeness (QED) is 0.828. The average molecular weight is 395 g/mol. The van der Waals surface area contributed by atoms with E-state index in [-0.39, 0.29) is 18.0 Å². The number of carbonyl (C=O) groups excluding carboxylic acids is 2. The van der Waals surface area contributed by atoms with E-state index in [1.165, 1.54) is 12.1 Å². The maximum Gasteiger partial charge on any atom is 0.257 e. The number of benzene rings is 2. The van der Waals surface area contributed by atoms with Gasteiger partial charge in [-0.25, -0.2) is 4.39 Å². The molecule has 1 atom stereocenters. The molecular formula is C23H26FN3O2. The van der Waals surface area contributed by atoms with Crippen LogP contribution in [0.1, 0.15) is 58.9 Å². The molecule has 1 fully saturated rings. The van der Waals surface area contributed by atoms with Crippen LogP contribution >= 0.6 is 0 Å².